The summed E-state index contributed by atoms with van der Waals surface area (Å²) in [5.74, 6) is -2.58. The zero-order chi connectivity index (χ0) is 33.7. The number of aromatic hydroxyl groups is 1. The van der Waals surface area contributed by atoms with E-state index in [1.807, 2.05) is 20.8 Å². The van der Waals surface area contributed by atoms with Crippen LogP contribution in [0, 0.1) is 0 Å². The summed E-state index contributed by atoms with van der Waals surface area (Å²) >= 11 is 0. The molecule has 0 unspecified atom stereocenters. The molecule has 0 radical (unpaired) electrons. The number of carboxylic acids is 2. The van der Waals surface area contributed by atoms with Gasteiger partial charge in [0.2, 0.25) is 11.1 Å². The summed E-state index contributed by atoms with van der Waals surface area (Å²) in [5, 5.41) is 33.1. The van der Waals surface area contributed by atoms with E-state index in [0.717, 1.165) is 5.56 Å². The molecule has 5 aromatic carbocycles. The van der Waals surface area contributed by atoms with Crippen LogP contribution in [0.1, 0.15) is 59.7 Å². The third-order valence-corrected chi connectivity index (χ3v) is 8.21. The van der Waals surface area contributed by atoms with Crippen LogP contribution in [0.5, 0.6) is 5.75 Å². The number of phenolic OH excluding ortho intramolecular Hbond substituents is 1. The molecule has 0 aromatic heterocycles. The summed E-state index contributed by atoms with van der Waals surface area (Å²) in [6, 6.07) is 38.5. The highest BCUT2D eigenvalue weighted by Crippen LogP contribution is 2.38. The molecule has 47 heavy (non-hydrogen) atoms. The molecule has 7 nitrogen and oxygen atoms in total. The smallest absolute Gasteiger partial charge is 0.340 e. The van der Waals surface area contributed by atoms with Gasteiger partial charge >= 0.3 is 11.9 Å². The molecule has 0 saturated carbocycles. The van der Waals surface area contributed by atoms with Crippen LogP contribution >= 0.6 is 0 Å². The van der Waals surface area contributed by atoms with Crippen molar-refractivity contribution in [3.8, 4) is 5.75 Å². The fourth-order valence-electron chi connectivity index (χ4n) is 5.60. The minimum absolute atomic E-state index is 0.216. The van der Waals surface area contributed by atoms with Crippen molar-refractivity contribution in [3.63, 3.8) is 0 Å². The van der Waals surface area contributed by atoms with Crippen LogP contribution in [0.4, 0.5) is 0 Å². The Hall–Kier alpha value is -5.82. The van der Waals surface area contributed by atoms with Crippen molar-refractivity contribution in [1.82, 2.24) is 0 Å². The number of benzene rings is 5. The van der Waals surface area contributed by atoms with Gasteiger partial charge in [-0.25, -0.2) is 9.59 Å². The number of carboxylic acid groups (broad SMARTS) is 2. The van der Waals surface area contributed by atoms with Crippen molar-refractivity contribution in [2.24, 2.45) is 9.98 Å². The highest BCUT2D eigenvalue weighted by molar-refractivity contribution is 5.96. The van der Waals surface area contributed by atoms with Crippen molar-refractivity contribution in [2.75, 3.05) is 0 Å². The van der Waals surface area contributed by atoms with Gasteiger partial charge in [-0.1, -0.05) is 142 Å². The Morgan fingerprint density at radius 1 is 0.511 bits per heavy atom. The number of aliphatic imine (C=N–C) groups is 2. The van der Waals surface area contributed by atoms with Crippen LogP contribution in [-0.4, -0.2) is 39.7 Å². The average Bonchev–Trinajstić information content (AvgIpc) is 3.07. The maximum atomic E-state index is 13.1. The first kappa shape index (κ1) is 32.6. The topological polar surface area (TPSA) is 120 Å². The molecule has 0 aliphatic rings. The maximum absolute atomic E-state index is 13.1. The summed E-state index contributed by atoms with van der Waals surface area (Å²) in [5.41, 5.74) is -0.905. The zero-order valence-electron chi connectivity index (χ0n) is 26.4. The number of aliphatic carboxylic acids is 2. The van der Waals surface area contributed by atoms with E-state index in [4.69, 9.17) is 9.98 Å². The Morgan fingerprint density at radius 2 is 0.787 bits per heavy atom. The monoisotopic (exact) mass is 624 g/mol. The van der Waals surface area contributed by atoms with Gasteiger partial charge in [0.15, 0.2) is 0 Å². The molecule has 7 heteroatoms. The second-order valence-corrected chi connectivity index (χ2v) is 12.3. The number of carbonyl (C=O) groups is 2. The zero-order valence-corrected chi connectivity index (χ0v) is 26.4. The van der Waals surface area contributed by atoms with Crippen molar-refractivity contribution in [1.29, 1.82) is 0 Å². The Bertz CT molecular complexity index is 1700. The van der Waals surface area contributed by atoms with Gasteiger partial charge in [-0.05, 0) is 45.4 Å². The van der Waals surface area contributed by atoms with Crippen LogP contribution in [0.15, 0.2) is 143 Å². The van der Waals surface area contributed by atoms with Crippen LogP contribution in [0.2, 0.25) is 0 Å². The molecule has 0 aliphatic heterocycles. The predicted molar refractivity (Wildman–Crippen MR) is 185 cm³/mol. The van der Waals surface area contributed by atoms with Crippen molar-refractivity contribution < 1.29 is 24.9 Å². The van der Waals surface area contributed by atoms with E-state index in [1.54, 1.807) is 133 Å². The molecule has 3 N–H and O–H groups in total. The lowest BCUT2D eigenvalue weighted by molar-refractivity contribution is -0.142. The summed E-state index contributed by atoms with van der Waals surface area (Å²) < 4.78 is 0. The van der Waals surface area contributed by atoms with Crippen molar-refractivity contribution in [2.45, 2.75) is 37.3 Å². The lowest BCUT2D eigenvalue weighted by atomic mass is 9.82. The van der Waals surface area contributed by atoms with Gasteiger partial charge in [-0.2, -0.15) is 0 Å². The summed E-state index contributed by atoms with van der Waals surface area (Å²) in [6.45, 7) is 6.02. The van der Waals surface area contributed by atoms with E-state index in [2.05, 4.69) is 0 Å². The first-order valence-corrected chi connectivity index (χ1v) is 15.2. The van der Waals surface area contributed by atoms with E-state index in [1.165, 1.54) is 12.4 Å². The van der Waals surface area contributed by atoms with Gasteiger partial charge in [0, 0.05) is 23.6 Å². The molecule has 0 fully saturated rings. The summed E-state index contributed by atoms with van der Waals surface area (Å²) in [6.07, 6.45) is 2.74. The fraction of sp³-hybridized carbons (Fsp3) is 0.150. The largest absolute Gasteiger partial charge is 0.507 e. The van der Waals surface area contributed by atoms with Gasteiger partial charge in [0.25, 0.3) is 0 Å². The van der Waals surface area contributed by atoms with E-state index in [9.17, 15) is 24.9 Å². The average molecular weight is 625 g/mol. The third-order valence-electron chi connectivity index (χ3n) is 8.21. The molecular weight excluding hydrogens is 588 g/mol. The van der Waals surface area contributed by atoms with E-state index < -0.39 is 28.4 Å². The van der Waals surface area contributed by atoms with Gasteiger partial charge < -0.3 is 15.3 Å². The number of hydrogen-bond donors (Lipinski definition) is 3. The van der Waals surface area contributed by atoms with Crippen LogP contribution < -0.4 is 0 Å². The molecule has 236 valence electrons. The van der Waals surface area contributed by atoms with Gasteiger partial charge in [-0.15, -0.1) is 0 Å². The van der Waals surface area contributed by atoms with Crippen LogP contribution in [-0.2, 0) is 26.1 Å². The van der Waals surface area contributed by atoms with Crippen LogP contribution in [0.25, 0.3) is 0 Å². The quantitative estimate of drug-likeness (QED) is 0.138. The molecule has 5 aromatic rings. The van der Waals surface area contributed by atoms with E-state index in [-0.39, 0.29) is 16.9 Å². The minimum Gasteiger partial charge on any atom is -0.507 e. The standard InChI is InChI=1S/C40H36N2O5/c1-38(2,3)34-24-28(26-41-39(36(44)45,30-16-8-4-9-17-30)31-18-10-5-11-19-31)35(43)29(25-34)27-42-40(37(46)47,32-20-12-6-13-21-32)33-22-14-7-15-23-33/h4-27,43H,1-3H3,(H,44,45)(H,46,47). The Labute approximate surface area is 274 Å². The van der Waals surface area contributed by atoms with E-state index >= 15 is 0 Å². The van der Waals surface area contributed by atoms with Gasteiger partial charge in [0.05, 0.1) is 0 Å². The van der Waals surface area contributed by atoms with E-state index in [0.29, 0.717) is 22.3 Å². The fourth-order valence-corrected chi connectivity index (χ4v) is 5.60. The highest BCUT2D eigenvalue weighted by atomic mass is 16.4. The molecule has 5 rings (SSSR count). The minimum atomic E-state index is -1.81. The lowest BCUT2D eigenvalue weighted by Gasteiger charge is -2.27. The van der Waals surface area contributed by atoms with Gasteiger partial charge in [0.1, 0.15) is 5.75 Å². The number of phenols is 1. The predicted octanol–water partition coefficient (Wildman–Crippen LogP) is 7.58. The molecule has 0 saturated heterocycles. The molecule has 0 atom stereocenters. The second kappa shape index (κ2) is 13.3. The molecule has 0 amide bonds. The Morgan fingerprint density at radius 3 is 1.02 bits per heavy atom. The first-order chi connectivity index (χ1) is 22.5. The molecule has 0 spiro atoms. The Balaban J connectivity index is 1.72. The molecule has 0 bridgehead atoms. The Kier molecular flexibility index (Phi) is 9.19. The highest BCUT2D eigenvalue weighted by Gasteiger charge is 2.43. The lowest BCUT2D eigenvalue weighted by Crippen LogP contribution is -2.35. The second-order valence-electron chi connectivity index (χ2n) is 12.3. The molecule has 0 heterocycles. The summed E-state index contributed by atoms with van der Waals surface area (Å²) in [4.78, 5) is 35.6. The third kappa shape index (κ3) is 6.33. The van der Waals surface area contributed by atoms with Crippen molar-refractivity contribution >= 4 is 24.4 Å². The first-order valence-electron chi connectivity index (χ1n) is 15.2. The maximum Gasteiger partial charge on any atom is 0.340 e. The number of rotatable bonds is 10. The SMILES string of the molecule is CC(C)(C)c1cc(C=NC(C(=O)O)(c2ccccc2)c2ccccc2)c(O)c(C=NC(C(=O)O)(c2ccccc2)c2ccccc2)c1. The molecular formula is C40H36N2O5. The normalized spacial score (nSPS) is 12.4. The summed E-state index contributed by atoms with van der Waals surface area (Å²) in [7, 11) is 0. The number of hydrogen-bond acceptors (Lipinski definition) is 5. The number of nitrogens with zero attached hydrogens (tertiary/aromatic N) is 2. The van der Waals surface area contributed by atoms with Crippen molar-refractivity contribution in [3.05, 3.63) is 172 Å². The van der Waals surface area contributed by atoms with Gasteiger partial charge in [-0.3, -0.25) is 9.98 Å². The molecule has 0 aliphatic carbocycles. The van der Waals surface area contributed by atoms with Crippen LogP contribution in [0.3, 0.4) is 0 Å².